The largest absolute Gasteiger partial charge is 0.327 e. The lowest BCUT2D eigenvalue weighted by molar-refractivity contribution is 0.346. The van der Waals surface area contributed by atoms with Gasteiger partial charge in [0.2, 0.25) is 0 Å². The van der Waals surface area contributed by atoms with E-state index in [4.69, 9.17) is 5.73 Å². The van der Waals surface area contributed by atoms with Gasteiger partial charge < -0.3 is 5.73 Å². The minimum absolute atomic E-state index is 0.229. The first-order chi connectivity index (χ1) is 8.41. The van der Waals surface area contributed by atoms with Gasteiger partial charge in [-0.05, 0) is 44.2 Å². The molecule has 1 saturated carbocycles. The van der Waals surface area contributed by atoms with Gasteiger partial charge >= 0.3 is 0 Å². The third-order valence-electron chi connectivity index (χ3n) is 3.85. The van der Waals surface area contributed by atoms with Crippen LogP contribution in [0.5, 0.6) is 0 Å². The normalized spacial score (nSPS) is 29.2. The van der Waals surface area contributed by atoms with Gasteiger partial charge in [0, 0.05) is 6.04 Å². The Labute approximate surface area is 109 Å². The number of benzene rings is 1. The molecule has 3 unspecified atom stereocenters. The van der Waals surface area contributed by atoms with Crippen molar-refractivity contribution in [3.63, 3.8) is 0 Å². The molecular weight excluding hydrogens is 246 g/mol. The number of hydrogen-bond acceptors (Lipinski definition) is 3. The molecule has 1 aromatic carbocycles. The van der Waals surface area contributed by atoms with Gasteiger partial charge in [0.25, 0.3) is 0 Å². The van der Waals surface area contributed by atoms with E-state index in [9.17, 15) is 8.42 Å². The minimum Gasteiger partial charge on any atom is -0.327 e. The van der Waals surface area contributed by atoms with E-state index in [-0.39, 0.29) is 6.04 Å². The molecule has 2 rings (SSSR count). The smallest absolute Gasteiger partial charge is 0.182 e. The van der Waals surface area contributed by atoms with Crippen molar-refractivity contribution in [3.05, 3.63) is 29.8 Å². The zero-order valence-electron chi connectivity index (χ0n) is 11.0. The van der Waals surface area contributed by atoms with Crippen LogP contribution in [0, 0.1) is 12.8 Å². The maximum absolute atomic E-state index is 12.6. The maximum atomic E-state index is 12.6. The Morgan fingerprint density at radius 3 is 2.39 bits per heavy atom. The highest BCUT2D eigenvalue weighted by molar-refractivity contribution is 7.92. The van der Waals surface area contributed by atoms with E-state index in [0.717, 1.165) is 18.4 Å². The Hall–Kier alpha value is -0.870. The van der Waals surface area contributed by atoms with E-state index >= 15 is 0 Å². The third kappa shape index (κ3) is 2.59. The molecule has 0 spiro atoms. The van der Waals surface area contributed by atoms with E-state index in [1.54, 1.807) is 12.1 Å². The van der Waals surface area contributed by atoms with Crippen LogP contribution in [0.15, 0.2) is 29.2 Å². The average Bonchev–Trinajstić information content (AvgIpc) is 2.32. The van der Waals surface area contributed by atoms with Crippen molar-refractivity contribution in [2.75, 3.05) is 0 Å². The summed E-state index contributed by atoms with van der Waals surface area (Å²) in [6.07, 6.45) is 2.51. The Morgan fingerprint density at radius 1 is 1.17 bits per heavy atom. The van der Waals surface area contributed by atoms with E-state index in [1.165, 1.54) is 0 Å². The molecule has 0 aromatic heterocycles. The lowest BCUT2D eigenvalue weighted by Crippen LogP contribution is -2.44. The Bertz CT molecular complexity index is 507. The molecule has 1 fully saturated rings. The topological polar surface area (TPSA) is 60.2 Å². The van der Waals surface area contributed by atoms with Crippen LogP contribution >= 0.6 is 0 Å². The van der Waals surface area contributed by atoms with Gasteiger partial charge in [-0.25, -0.2) is 8.42 Å². The first-order valence-electron chi connectivity index (χ1n) is 6.47. The number of hydrogen-bond donors (Lipinski definition) is 1. The minimum atomic E-state index is -3.29. The Kier molecular flexibility index (Phi) is 3.78. The SMILES string of the molecule is Cc1ccc(S(=O)(=O)C2CC(C)CCC2N)cc1. The van der Waals surface area contributed by atoms with Gasteiger partial charge in [0.05, 0.1) is 10.1 Å². The van der Waals surface area contributed by atoms with Gasteiger partial charge in [0.1, 0.15) is 0 Å². The van der Waals surface area contributed by atoms with Crippen LogP contribution in [0.1, 0.15) is 31.7 Å². The molecule has 0 saturated heterocycles. The van der Waals surface area contributed by atoms with Crippen molar-refractivity contribution in [1.29, 1.82) is 0 Å². The molecule has 1 aromatic rings. The predicted octanol–water partition coefficient (Wildman–Crippen LogP) is 2.28. The van der Waals surface area contributed by atoms with Crippen LogP contribution in [0.4, 0.5) is 0 Å². The summed E-state index contributed by atoms with van der Waals surface area (Å²) in [7, 11) is -3.29. The predicted molar refractivity (Wildman–Crippen MR) is 73.1 cm³/mol. The summed E-state index contributed by atoms with van der Waals surface area (Å²) in [4.78, 5) is 0.405. The molecule has 0 radical (unpaired) electrons. The van der Waals surface area contributed by atoms with Gasteiger partial charge in [0.15, 0.2) is 9.84 Å². The standard InChI is InChI=1S/C14H21NO2S/c1-10-3-6-12(7-4-10)18(16,17)14-9-11(2)5-8-13(14)15/h3-4,6-7,11,13-14H,5,8-9,15H2,1-2H3. The maximum Gasteiger partial charge on any atom is 0.182 e. The van der Waals surface area contributed by atoms with Crippen LogP contribution in [0.25, 0.3) is 0 Å². The summed E-state index contributed by atoms with van der Waals surface area (Å²) in [6, 6.07) is 6.83. The summed E-state index contributed by atoms with van der Waals surface area (Å²) in [5.41, 5.74) is 7.08. The third-order valence-corrected chi connectivity index (χ3v) is 6.12. The van der Waals surface area contributed by atoms with Gasteiger partial charge in [-0.3, -0.25) is 0 Å². The first-order valence-corrected chi connectivity index (χ1v) is 8.02. The van der Waals surface area contributed by atoms with Crippen molar-refractivity contribution in [2.24, 2.45) is 11.7 Å². The van der Waals surface area contributed by atoms with E-state index < -0.39 is 15.1 Å². The van der Waals surface area contributed by atoms with E-state index in [2.05, 4.69) is 6.92 Å². The van der Waals surface area contributed by atoms with Crippen molar-refractivity contribution < 1.29 is 8.42 Å². The lowest BCUT2D eigenvalue weighted by Gasteiger charge is -2.32. The monoisotopic (exact) mass is 267 g/mol. The average molecular weight is 267 g/mol. The summed E-state index contributed by atoms with van der Waals surface area (Å²) in [5.74, 6) is 0.440. The molecule has 0 amide bonds. The molecule has 1 aliphatic carbocycles. The van der Waals surface area contributed by atoms with Gasteiger partial charge in [-0.2, -0.15) is 0 Å². The molecule has 3 nitrogen and oxygen atoms in total. The summed E-state index contributed by atoms with van der Waals surface area (Å²) in [5, 5.41) is -0.427. The summed E-state index contributed by atoms with van der Waals surface area (Å²) >= 11 is 0. The molecule has 100 valence electrons. The van der Waals surface area contributed by atoms with Crippen LogP contribution < -0.4 is 5.73 Å². The van der Waals surface area contributed by atoms with E-state index in [1.807, 2.05) is 19.1 Å². The van der Waals surface area contributed by atoms with Crippen molar-refractivity contribution in [3.8, 4) is 0 Å². The number of rotatable bonds is 2. The number of sulfone groups is 1. The van der Waals surface area contributed by atoms with Crippen LogP contribution in [-0.2, 0) is 9.84 Å². The van der Waals surface area contributed by atoms with Crippen molar-refractivity contribution in [2.45, 2.75) is 49.3 Å². The summed E-state index contributed by atoms with van der Waals surface area (Å²) < 4.78 is 25.1. The van der Waals surface area contributed by atoms with Crippen LogP contribution in [0.2, 0.25) is 0 Å². The zero-order chi connectivity index (χ0) is 13.3. The Balaban J connectivity index is 2.32. The Morgan fingerprint density at radius 2 is 1.78 bits per heavy atom. The molecule has 2 N–H and O–H groups in total. The lowest BCUT2D eigenvalue weighted by atomic mass is 9.87. The number of nitrogens with two attached hydrogens (primary N) is 1. The molecular formula is C14H21NO2S. The molecule has 4 heteroatoms. The second kappa shape index (κ2) is 5.02. The second-order valence-electron chi connectivity index (χ2n) is 5.48. The quantitative estimate of drug-likeness (QED) is 0.894. The zero-order valence-corrected chi connectivity index (χ0v) is 11.8. The molecule has 0 heterocycles. The van der Waals surface area contributed by atoms with Crippen molar-refractivity contribution >= 4 is 9.84 Å². The van der Waals surface area contributed by atoms with Crippen LogP contribution in [-0.4, -0.2) is 19.7 Å². The highest BCUT2D eigenvalue weighted by Crippen LogP contribution is 2.31. The van der Waals surface area contributed by atoms with E-state index in [0.29, 0.717) is 17.2 Å². The second-order valence-corrected chi connectivity index (χ2v) is 7.65. The molecule has 0 aliphatic heterocycles. The molecule has 18 heavy (non-hydrogen) atoms. The number of aryl methyl sites for hydroxylation is 1. The fraction of sp³-hybridized carbons (Fsp3) is 0.571. The van der Waals surface area contributed by atoms with Gasteiger partial charge in [-0.1, -0.05) is 24.6 Å². The van der Waals surface area contributed by atoms with Crippen molar-refractivity contribution in [1.82, 2.24) is 0 Å². The fourth-order valence-corrected chi connectivity index (χ4v) is 4.65. The fourth-order valence-electron chi connectivity index (χ4n) is 2.61. The first kappa shape index (κ1) is 13.6. The molecule has 3 atom stereocenters. The molecule has 0 bridgehead atoms. The highest BCUT2D eigenvalue weighted by Gasteiger charge is 2.36. The molecule has 1 aliphatic rings. The van der Waals surface area contributed by atoms with Gasteiger partial charge in [-0.15, -0.1) is 0 Å². The highest BCUT2D eigenvalue weighted by atomic mass is 32.2. The summed E-state index contributed by atoms with van der Waals surface area (Å²) in [6.45, 7) is 4.05. The van der Waals surface area contributed by atoms with Crippen LogP contribution in [0.3, 0.4) is 0 Å².